The maximum Gasteiger partial charge on any atom is 0.222 e. The molecule has 1 aliphatic rings. The molecular weight excluding hydrogens is 188 g/mol. The fraction of sp³-hybridized carbons (Fsp3) is 0.556. The summed E-state index contributed by atoms with van der Waals surface area (Å²) in [7, 11) is 0. The van der Waals surface area contributed by atoms with Crippen LogP contribution in [0.3, 0.4) is 0 Å². The van der Waals surface area contributed by atoms with Crippen LogP contribution in [0.2, 0.25) is 5.28 Å². The normalized spacial score (nSPS) is 18.8. The van der Waals surface area contributed by atoms with Gasteiger partial charge >= 0.3 is 0 Å². The molecule has 1 fully saturated rings. The van der Waals surface area contributed by atoms with Gasteiger partial charge in [0.2, 0.25) is 5.28 Å². The van der Waals surface area contributed by atoms with Gasteiger partial charge in [0, 0.05) is 17.0 Å². The van der Waals surface area contributed by atoms with Crippen LogP contribution in [-0.2, 0) is 5.60 Å². The van der Waals surface area contributed by atoms with E-state index in [1.807, 2.05) is 13.8 Å². The van der Waals surface area contributed by atoms with Crippen LogP contribution in [-0.4, -0.2) is 15.1 Å². The third kappa shape index (κ3) is 1.42. The van der Waals surface area contributed by atoms with E-state index in [9.17, 15) is 5.11 Å². The van der Waals surface area contributed by atoms with E-state index in [-0.39, 0.29) is 5.28 Å². The van der Waals surface area contributed by atoms with Crippen molar-refractivity contribution in [1.82, 2.24) is 9.97 Å². The van der Waals surface area contributed by atoms with E-state index in [0.29, 0.717) is 0 Å². The first-order valence-corrected chi connectivity index (χ1v) is 4.64. The summed E-state index contributed by atoms with van der Waals surface area (Å²) in [5.41, 5.74) is 1.77. The summed E-state index contributed by atoms with van der Waals surface area (Å²) in [4.78, 5) is 8.07. The number of halogens is 1. The second-order valence-corrected chi connectivity index (χ2v) is 3.91. The van der Waals surface area contributed by atoms with Crippen molar-refractivity contribution < 1.29 is 5.11 Å². The van der Waals surface area contributed by atoms with E-state index in [1.54, 1.807) is 0 Å². The van der Waals surface area contributed by atoms with E-state index >= 15 is 0 Å². The summed E-state index contributed by atoms with van der Waals surface area (Å²) in [6.45, 7) is 3.71. The largest absolute Gasteiger partial charge is 0.385 e. The highest BCUT2D eigenvalue weighted by Gasteiger charge is 2.45. The van der Waals surface area contributed by atoms with Gasteiger partial charge in [0.1, 0.15) is 0 Å². The molecule has 0 spiro atoms. The minimum Gasteiger partial charge on any atom is -0.385 e. The molecule has 0 atom stereocenters. The van der Waals surface area contributed by atoms with Gasteiger partial charge < -0.3 is 5.11 Å². The number of rotatable bonds is 1. The molecule has 0 bridgehead atoms. The van der Waals surface area contributed by atoms with Gasteiger partial charge in [-0.15, -0.1) is 0 Å². The highest BCUT2D eigenvalue weighted by atomic mass is 35.5. The summed E-state index contributed by atoms with van der Waals surface area (Å²) in [5, 5.41) is 10.2. The molecule has 1 aromatic heterocycles. The van der Waals surface area contributed by atoms with Gasteiger partial charge in [-0.3, -0.25) is 0 Å². The summed E-state index contributed by atoms with van der Waals surface area (Å²) in [6.07, 6.45) is 1.61. The molecular formula is C9H11ClN2O. The van der Waals surface area contributed by atoms with Crippen LogP contribution >= 0.6 is 11.6 Å². The van der Waals surface area contributed by atoms with Crippen molar-refractivity contribution in [3.63, 3.8) is 0 Å². The van der Waals surface area contributed by atoms with E-state index < -0.39 is 5.60 Å². The van der Waals surface area contributed by atoms with Gasteiger partial charge in [-0.1, -0.05) is 0 Å². The van der Waals surface area contributed by atoms with Crippen molar-refractivity contribution in [3.8, 4) is 0 Å². The zero-order chi connectivity index (χ0) is 9.64. The minimum atomic E-state index is -0.668. The maximum absolute atomic E-state index is 9.93. The molecule has 0 aromatic carbocycles. The van der Waals surface area contributed by atoms with Gasteiger partial charge in [0.05, 0.1) is 5.60 Å². The Morgan fingerprint density at radius 1 is 1.23 bits per heavy atom. The van der Waals surface area contributed by atoms with Gasteiger partial charge in [-0.25, -0.2) is 9.97 Å². The minimum absolute atomic E-state index is 0.253. The van der Waals surface area contributed by atoms with Gasteiger partial charge in [0.25, 0.3) is 0 Å². The molecule has 1 aliphatic carbocycles. The molecule has 0 aliphatic heterocycles. The highest BCUT2D eigenvalue weighted by molar-refractivity contribution is 6.28. The Morgan fingerprint density at radius 2 is 1.69 bits per heavy atom. The fourth-order valence-corrected chi connectivity index (χ4v) is 1.97. The summed E-state index contributed by atoms with van der Waals surface area (Å²) in [5.74, 6) is 0. The zero-order valence-electron chi connectivity index (χ0n) is 7.63. The lowest BCUT2D eigenvalue weighted by Gasteiger charge is -2.13. The SMILES string of the molecule is Cc1nc(Cl)nc(C)c1C1(O)CC1. The van der Waals surface area contributed by atoms with E-state index in [0.717, 1.165) is 29.8 Å². The molecule has 0 amide bonds. The molecule has 1 heterocycles. The van der Waals surface area contributed by atoms with Gasteiger partial charge in [-0.05, 0) is 38.3 Å². The number of aryl methyl sites for hydroxylation is 2. The smallest absolute Gasteiger partial charge is 0.222 e. The molecule has 1 aromatic rings. The molecule has 2 rings (SSSR count). The molecule has 1 saturated carbocycles. The predicted octanol–water partition coefficient (Wildman–Crippen LogP) is 1.73. The molecule has 0 unspecified atom stereocenters. The summed E-state index contributed by atoms with van der Waals surface area (Å²) >= 11 is 5.69. The third-order valence-electron chi connectivity index (χ3n) is 2.43. The second kappa shape index (κ2) is 2.66. The molecule has 4 heteroatoms. The predicted molar refractivity (Wildman–Crippen MR) is 49.6 cm³/mol. The lowest BCUT2D eigenvalue weighted by atomic mass is 10.1. The van der Waals surface area contributed by atoms with Gasteiger partial charge in [-0.2, -0.15) is 0 Å². The van der Waals surface area contributed by atoms with Crippen LogP contribution in [0.25, 0.3) is 0 Å². The first kappa shape index (κ1) is 8.91. The first-order chi connectivity index (χ1) is 6.03. The molecule has 13 heavy (non-hydrogen) atoms. The summed E-state index contributed by atoms with van der Waals surface area (Å²) in [6, 6.07) is 0. The molecule has 0 radical (unpaired) electrons. The Bertz CT molecular complexity index is 338. The van der Waals surface area contributed by atoms with E-state index in [1.165, 1.54) is 0 Å². The number of aliphatic hydroxyl groups is 1. The van der Waals surface area contributed by atoms with Crippen molar-refractivity contribution in [3.05, 3.63) is 22.2 Å². The van der Waals surface area contributed by atoms with Crippen LogP contribution in [0.15, 0.2) is 0 Å². The van der Waals surface area contributed by atoms with E-state index in [4.69, 9.17) is 11.6 Å². The lowest BCUT2D eigenvalue weighted by molar-refractivity contribution is 0.149. The number of nitrogens with zero attached hydrogens (tertiary/aromatic N) is 2. The molecule has 3 nitrogen and oxygen atoms in total. The van der Waals surface area contributed by atoms with Crippen LogP contribution in [0.1, 0.15) is 29.8 Å². The maximum atomic E-state index is 9.93. The molecule has 1 N–H and O–H groups in total. The van der Waals surface area contributed by atoms with Gasteiger partial charge in [0.15, 0.2) is 0 Å². The van der Waals surface area contributed by atoms with Crippen LogP contribution < -0.4 is 0 Å². The summed E-state index contributed by atoms with van der Waals surface area (Å²) < 4.78 is 0. The van der Waals surface area contributed by atoms with Crippen molar-refractivity contribution in [2.45, 2.75) is 32.3 Å². The highest BCUT2D eigenvalue weighted by Crippen LogP contribution is 2.47. The Balaban J connectivity index is 2.57. The topological polar surface area (TPSA) is 46.0 Å². The van der Waals surface area contributed by atoms with Crippen molar-refractivity contribution >= 4 is 11.6 Å². The average molecular weight is 199 g/mol. The molecule has 0 saturated heterocycles. The Kier molecular flexibility index (Phi) is 1.82. The molecule has 70 valence electrons. The Hall–Kier alpha value is -0.670. The number of aromatic nitrogens is 2. The average Bonchev–Trinajstić information content (AvgIpc) is 2.65. The van der Waals surface area contributed by atoms with Crippen molar-refractivity contribution in [2.24, 2.45) is 0 Å². The fourth-order valence-electron chi connectivity index (χ4n) is 1.72. The van der Waals surface area contributed by atoms with E-state index in [2.05, 4.69) is 9.97 Å². The number of hydrogen-bond donors (Lipinski definition) is 1. The monoisotopic (exact) mass is 198 g/mol. The Morgan fingerprint density at radius 3 is 2.08 bits per heavy atom. The lowest BCUT2D eigenvalue weighted by Crippen LogP contribution is -2.12. The standard InChI is InChI=1S/C9H11ClN2O/c1-5-7(9(13)3-4-9)6(2)12-8(10)11-5/h13H,3-4H2,1-2H3. The quantitative estimate of drug-likeness (QED) is 0.700. The third-order valence-corrected chi connectivity index (χ3v) is 2.60. The van der Waals surface area contributed by atoms with Crippen LogP contribution in [0, 0.1) is 13.8 Å². The van der Waals surface area contributed by atoms with Crippen LogP contribution in [0.4, 0.5) is 0 Å². The Labute approximate surface area is 81.8 Å². The zero-order valence-corrected chi connectivity index (χ0v) is 8.39. The number of hydrogen-bond acceptors (Lipinski definition) is 3. The second-order valence-electron chi connectivity index (χ2n) is 3.57. The van der Waals surface area contributed by atoms with Crippen molar-refractivity contribution in [1.29, 1.82) is 0 Å². The van der Waals surface area contributed by atoms with Crippen LogP contribution in [0.5, 0.6) is 0 Å². The first-order valence-electron chi connectivity index (χ1n) is 4.26. The van der Waals surface area contributed by atoms with Crippen molar-refractivity contribution in [2.75, 3.05) is 0 Å².